The minimum absolute atomic E-state index is 0.0928. The maximum absolute atomic E-state index is 11.7. The number of nitrogens with zero attached hydrogens (tertiary/aromatic N) is 2. The van der Waals surface area contributed by atoms with Crippen LogP contribution < -0.4 is 0 Å². The van der Waals surface area contributed by atoms with Crippen LogP contribution in [0, 0.1) is 11.3 Å². The van der Waals surface area contributed by atoms with E-state index < -0.39 is 0 Å². The predicted octanol–water partition coefficient (Wildman–Crippen LogP) is 2.10. The van der Waals surface area contributed by atoms with Crippen LogP contribution in [-0.4, -0.2) is 15.9 Å². The highest BCUT2D eigenvalue weighted by molar-refractivity contribution is 8.00. The van der Waals surface area contributed by atoms with Gasteiger partial charge in [0.25, 0.3) is 0 Å². The molecule has 0 radical (unpaired) electrons. The molecule has 0 atom stereocenters. The molecule has 4 heteroatoms. The Morgan fingerprint density at radius 2 is 2.33 bits per heavy atom. The van der Waals surface area contributed by atoms with Crippen LogP contribution in [0.4, 0.5) is 0 Å². The normalized spacial score (nSPS) is 14.2. The Balaban J connectivity index is 2.53. The summed E-state index contributed by atoms with van der Waals surface area (Å²) in [6.07, 6.45) is 0. The lowest BCUT2D eigenvalue weighted by molar-refractivity contribution is 0.101. The predicted molar refractivity (Wildman–Crippen MR) is 57.2 cm³/mol. The van der Waals surface area contributed by atoms with Crippen LogP contribution in [0.5, 0.6) is 0 Å². The zero-order valence-corrected chi connectivity index (χ0v) is 8.54. The molecule has 2 aromatic rings. The highest BCUT2D eigenvalue weighted by atomic mass is 32.2. The van der Waals surface area contributed by atoms with Crippen molar-refractivity contribution in [3.05, 3.63) is 35.5 Å². The van der Waals surface area contributed by atoms with Crippen molar-refractivity contribution >= 4 is 23.1 Å². The fourth-order valence-corrected chi connectivity index (χ4v) is 2.77. The first-order chi connectivity index (χ1) is 7.31. The summed E-state index contributed by atoms with van der Waals surface area (Å²) in [5.74, 6) is 0.559. The summed E-state index contributed by atoms with van der Waals surface area (Å²) in [6, 6.07) is 9.55. The Morgan fingerprint density at radius 3 is 3.13 bits per heavy atom. The van der Waals surface area contributed by atoms with Crippen LogP contribution in [0.15, 0.2) is 29.3 Å². The largest absolute Gasteiger partial charge is 0.300 e. The number of rotatable bonds is 0. The average molecular weight is 214 g/mol. The van der Waals surface area contributed by atoms with Gasteiger partial charge in [0.1, 0.15) is 6.07 Å². The van der Waals surface area contributed by atoms with E-state index in [4.69, 9.17) is 5.26 Å². The SMILES string of the molecule is N#Cc1cc2n3c(cccc13)SCC2=O. The molecule has 3 nitrogen and oxygen atoms in total. The van der Waals surface area contributed by atoms with Crippen molar-refractivity contribution < 1.29 is 4.79 Å². The van der Waals surface area contributed by atoms with Crippen LogP contribution >= 0.6 is 11.8 Å². The molecule has 0 fully saturated rings. The molecule has 0 bridgehead atoms. The molecule has 0 saturated heterocycles. The third kappa shape index (κ3) is 1.04. The Hall–Kier alpha value is -1.73. The van der Waals surface area contributed by atoms with Gasteiger partial charge in [0.2, 0.25) is 0 Å². The van der Waals surface area contributed by atoms with E-state index in [0.717, 1.165) is 10.5 Å². The summed E-state index contributed by atoms with van der Waals surface area (Å²) in [7, 11) is 0. The van der Waals surface area contributed by atoms with Gasteiger partial charge in [0.15, 0.2) is 5.78 Å². The molecule has 2 aromatic heterocycles. The highest BCUT2D eigenvalue weighted by Gasteiger charge is 2.21. The van der Waals surface area contributed by atoms with Gasteiger partial charge in [0.05, 0.1) is 27.6 Å². The summed E-state index contributed by atoms with van der Waals surface area (Å²) < 4.78 is 1.87. The van der Waals surface area contributed by atoms with Crippen molar-refractivity contribution in [2.75, 3.05) is 5.75 Å². The monoisotopic (exact) mass is 214 g/mol. The zero-order valence-electron chi connectivity index (χ0n) is 7.73. The topological polar surface area (TPSA) is 45.3 Å². The summed E-state index contributed by atoms with van der Waals surface area (Å²) in [5.41, 5.74) is 2.03. The van der Waals surface area contributed by atoms with E-state index in [1.54, 1.807) is 6.07 Å². The van der Waals surface area contributed by atoms with Gasteiger partial charge in [-0.15, -0.1) is 0 Å². The number of thioether (sulfide) groups is 1. The maximum atomic E-state index is 11.7. The lowest BCUT2D eigenvalue weighted by Gasteiger charge is -2.13. The number of aromatic nitrogens is 1. The van der Waals surface area contributed by atoms with Gasteiger partial charge in [0, 0.05) is 0 Å². The van der Waals surface area contributed by atoms with Gasteiger partial charge in [-0.25, -0.2) is 0 Å². The van der Waals surface area contributed by atoms with Crippen molar-refractivity contribution in [1.82, 2.24) is 4.40 Å². The van der Waals surface area contributed by atoms with Gasteiger partial charge in [-0.05, 0) is 18.2 Å². The van der Waals surface area contributed by atoms with Gasteiger partial charge < -0.3 is 0 Å². The third-order valence-electron chi connectivity index (χ3n) is 2.51. The van der Waals surface area contributed by atoms with E-state index in [1.807, 2.05) is 22.6 Å². The molecular weight excluding hydrogens is 208 g/mol. The van der Waals surface area contributed by atoms with Crippen molar-refractivity contribution in [2.45, 2.75) is 5.03 Å². The number of carbonyl (C=O) groups is 1. The van der Waals surface area contributed by atoms with E-state index in [-0.39, 0.29) is 5.78 Å². The molecular formula is C11H6N2OS. The lowest BCUT2D eigenvalue weighted by atomic mass is 10.2. The summed E-state index contributed by atoms with van der Waals surface area (Å²) in [4.78, 5) is 11.7. The molecule has 1 aliphatic heterocycles. The Morgan fingerprint density at radius 1 is 1.47 bits per heavy atom. The molecule has 0 amide bonds. The standard InChI is InChI=1S/C11H6N2OS/c12-5-7-4-9-10(14)6-15-11-3-1-2-8(7)13(9)11/h1-4H,6H2. The van der Waals surface area contributed by atoms with E-state index in [1.165, 1.54) is 11.8 Å². The lowest BCUT2D eigenvalue weighted by Crippen LogP contribution is -2.12. The second-order valence-corrected chi connectivity index (χ2v) is 4.35. The van der Waals surface area contributed by atoms with Gasteiger partial charge in [-0.3, -0.25) is 9.20 Å². The highest BCUT2D eigenvalue weighted by Crippen LogP contribution is 2.30. The summed E-state index contributed by atoms with van der Waals surface area (Å²) in [5, 5.41) is 9.99. The summed E-state index contributed by atoms with van der Waals surface area (Å²) in [6.45, 7) is 0. The van der Waals surface area contributed by atoms with E-state index in [2.05, 4.69) is 6.07 Å². The van der Waals surface area contributed by atoms with Gasteiger partial charge in [-0.1, -0.05) is 17.8 Å². The Bertz CT molecular complexity index is 621. The number of carbonyl (C=O) groups excluding carboxylic acids is 1. The number of Topliss-reactive ketones (excluding diaryl/α,β-unsaturated/α-hetero) is 1. The second kappa shape index (κ2) is 2.88. The number of ketones is 1. The molecule has 0 unspecified atom stereocenters. The van der Waals surface area contributed by atoms with Crippen LogP contribution in [0.3, 0.4) is 0 Å². The molecule has 15 heavy (non-hydrogen) atoms. The van der Waals surface area contributed by atoms with E-state index in [9.17, 15) is 4.79 Å². The van der Waals surface area contributed by atoms with Crippen LogP contribution in [0.2, 0.25) is 0 Å². The number of pyridine rings is 1. The molecule has 3 heterocycles. The van der Waals surface area contributed by atoms with Crippen molar-refractivity contribution in [2.24, 2.45) is 0 Å². The van der Waals surface area contributed by atoms with Crippen LogP contribution in [0.25, 0.3) is 5.52 Å². The van der Waals surface area contributed by atoms with Crippen molar-refractivity contribution in [3.8, 4) is 6.07 Å². The number of hydrogen-bond acceptors (Lipinski definition) is 3. The van der Waals surface area contributed by atoms with Gasteiger partial charge >= 0.3 is 0 Å². The number of hydrogen-bond donors (Lipinski definition) is 0. The average Bonchev–Trinajstić information content (AvgIpc) is 2.65. The molecule has 3 rings (SSSR count). The Kier molecular flexibility index (Phi) is 1.64. The summed E-state index contributed by atoms with van der Waals surface area (Å²) >= 11 is 1.52. The molecule has 1 aliphatic rings. The molecule has 0 aliphatic carbocycles. The van der Waals surface area contributed by atoms with E-state index >= 15 is 0 Å². The fourth-order valence-electron chi connectivity index (χ4n) is 1.84. The molecule has 0 aromatic carbocycles. The van der Waals surface area contributed by atoms with Crippen LogP contribution in [-0.2, 0) is 0 Å². The minimum atomic E-state index is 0.0928. The fraction of sp³-hybridized carbons (Fsp3) is 0.0909. The first-order valence-corrected chi connectivity index (χ1v) is 5.50. The van der Waals surface area contributed by atoms with Crippen molar-refractivity contribution in [1.29, 1.82) is 5.26 Å². The zero-order chi connectivity index (χ0) is 10.4. The quantitative estimate of drug-likeness (QED) is 0.674. The Labute approximate surface area is 90.3 Å². The number of nitriles is 1. The molecule has 0 saturated carbocycles. The third-order valence-corrected chi connectivity index (χ3v) is 3.53. The minimum Gasteiger partial charge on any atom is -0.300 e. The maximum Gasteiger partial charge on any atom is 0.189 e. The first kappa shape index (κ1) is 8.57. The second-order valence-electron chi connectivity index (χ2n) is 3.35. The molecule has 0 N–H and O–H groups in total. The van der Waals surface area contributed by atoms with Crippen molar-refractivity contribution in [3.63, 3.8) is 0 Å². The van der Waals surface area contributed by atoms with Gasteiger partial charge in [-0.2, -0.15) is 5.26 Å². The molecule has 0 spiro atoms. The van der Waals surface area contributed by atoms with Crippen LogP contribution in [0.1, 0.15) is 16.1 Å². The smallest absolute Gasteiger partial charge is 0.189 e. The first-order valence-electron chi connectivity index (χ1n) is 4.52. The van der Waals surface area contributed by atoms with E-state index in [0.29, 0.717) is 17.0 Å². The molecule has 72 valence electrons.